The van der Waals surface area contributed by atoms with Crippen molar-refractivity contribution in [3.8, 4) is 0 Å². The van der Waals surface area contributed by atoms with E-state index in [2.05, 4.69) is 14.3 Å². The van der Waals surface area contributed by atoms with Crippen LogP contribution in [0.1, 0.15) is 10.4 Å². The van der Waals surface area contributed by atoms with Gasteiger partial charge in [0.25, 0.3) is 15.9 Å². The van der Waals surface area contributed by atoms with Crippen molar-refractivity contribution in [2.45, 2.75) is 4.90 Å². The molecule has 0 saturated heterocycles. The number of benzene rings is 1. The standard InChI is InChI=1S/C15H19ClN2O8S/c1-17(26-4)27(22,23)12-7-10(5-6-11(12)16)15(21)18(8-13(19)24-2)9-14(20)25-3/h5-7H,8-9H2,1-4H3. The SMILES string of the molecule is COC(=O)CN(CC(=O)OC)C(=O)c1ccc(Cl)c(S(=O)(=O)N(C)OC)c1. The summed E-state index contributed by atoms with van der Waals surface area (Å²) >= 11 is 5.95. The van der Waals surface area contributed by atoms with E-state index in [1.165, 1.54) is 12.1 Å². The second-order valence-corrected chi connectivity index (χ2v) is 7.37. The summed E-state index contributed by atoms with van der Waals surface area (Å²) in [5, 5.41) is -0.136. The van der Waals surface area contributed by atoms with Crippen molar-refractivity contribution in [2.75, 3.05) is 41.5 Å². The van der Waals surface area contributed by atoms with Gasteiger partial charge in [0.15, 0.2) is 0 Å². The van der Waals surface area contributed by atoms with Gasteiger partial charge in [0.05, 0.1) is 26.4 Å². The fourth-order valence-corrected chi connectivity index (χ4v) is 3.37. The maximum Gasteiger partial charge on any atom is 0.325 e. The molecule has 10 nitrogen and oxygen atoms in total. The number of nitrogens with zero attached hydrogens (tertiary/aromatic N) is 2. The Labute approximate surface area is 161 Å². The number of esters is 2. The molecule has 1 aromatic rings. The largest absolute Gasteiger partial charge is 0.468 e. The summed E-state index contributed by atoms with van der Waals surface area (Å²) in [4.78, 5) is 40.9. The number of hydrogen-bond acceptors (Lipinski definition) is 8. The zero-order chi connectivity index (χ0) is 20.8. The Morgan fingerprint density at radius 3 is 2.00 bits per heavy atom. The molecule has 0 atom stereocenters. The molecule has 12 heteroatoms. The van der Waals surface area contributed by atoms with Gasteiger partial charge in [-0.25, -0.2) is 8.42 Å². The molecule has 150 valence electrons. The second kappa shape index (κ2) is 9.65. The van der Waals surface area contributed by atoms with Crippen molar-refractivity contribution >= 4 is 39.5 Å². The van der Waals surface area contributed by atoms with E-state index in [4.69, 9.17) is 11.6 Å². The molecule has 0 aliphatic heterocycles. The summed E-state index contributed by atoms with van der Waals surface area (Å²) < 4.78 is 34.4. The molecule has 0 aliphatic rings. The van der Waals surface area contributed by atoms with E-state index in [0.717, 1.165) is 39.3 Å². The van der Waals surface area contributed by atoms with Crippen molar-refractivity contribution in [2.24, 2.45) is 0 Å². The van der Waals surface area contributed by atoms with Crippen LogP contribution in [0.2, 0.25) is 5.02 Å². The summed E-state index contributed by atoms with van der Waals surface area (Å²) in [5.41, 5.74) is -0.115. The molecule has 0 saturated carbocycles. The van der Waals surface area contributed by atoms with Gasteiger partial charge in [0.2, 0.25) is 0 Å². The van der Waals surface area contributed by atoms with E-state index < -0.39 is 41.0 Å². The van der Waals surface area contributed by atoms with Gasteiger partial charge in [-0.05, 0) is 18.2 Å². The number of halogens is 1. The highest BCUT2D eigenvalue weighted by Crippen LogP contribution is 2.26. The smallest absolute Gasteiger partial charge is 0.325 e. The zero-order valence-corrected chi connectivity index (χ0v) is 16.7. The Morgan fingerprint density at radius 2 is 1.56 bits per heavy atom. The summed E-state index contributed by atoms with van der Waals surface area (Å²) in [6.45, 7) is -1.07. The number of sulfonamides is 1. The molecule has 1 amide bonds. The van der Waals surface area contributed by atoms with Gasteiger partial charge in [-0.2, -0.15) is 0 Å². The van der Waals surface area contributed by atoms with Gasteiger partial charge in [0, 0.05) is 12.6 Å². The Bertz CT molecular complexity index is 809. The lowest BCUT2D eigenvalue weighted by atomic mass is 10.2. The van der Waals surface area contributed by atoms with Gasteiger partial charge in [-0.1, -0.05) is 16.1 Å². The van der Waals surface area contributed by atoms with Crippen molar-refractivity contribution in [3.05, 3.63) is 28.8 Å². The predicted octanol–water partition coefficient (Wildman–Crippen LogP) is 0.310. The molecule has 0 aliphatic carbocycles. The van der Waals surface area contributed by atoms with Crippen molar-refractivity contribution in [1.29, 1.82) is 0 Å². The van der Waals surface area contributed by atoms with E-state index in [0.29, 0.717) is 4.47 Å². The predicted molar refractivity (Wildman–Crippen MR) is 93.3 cm³/mol. The molecule has 0 N–H and O–H groups in total. The molecule has 0 unspecified atom stereocenters. The lowest BCUT2D eigenvalue weighted by Crippen LogP contribution is -2.40. The third kappa shape index (κ3) is 5.63. The highest BCUT2D eigenvalue weighted by molar-refractivity contribution is 7.89. The fraction of sp³-hybridized carbons (Fsp3) is 0.400. The van der Waals surface area contributed by atoms with Crippen LogP contribution in [-0.4, -0.2) is 77.1 Å². The number of hydroxylamine groups is 1. The van der Waals surface area contributed by atoms with E-state index in [1.54, 1.807) is 0 Å². The number of ether oxygens (including phenoxy) is 2. The number of amides is 1. The first kappa shape index (κ1) is 22.8. The van der Waals surface area contributed by atoms with Gasteiger partial charge < -0.3 is 14.4 Å². The third-order valence-corrected chi connectivity index (χ3v) is 5.60. The van der Waals surface area contributed by atoms with E-state index >= 15 is 0 Å². The van der Waals surface area contributed by atoms with E-state index in [9.17, 15) is 22.8 Å². The van der Waals surface area contributed by atoms with Crippen LogP contribution in [0.4, 0.5) is 0 Å². The zero-order valence-electron chi connectivity index (χ0n) is 15.1. The van der Waals surface area contributed by atoms with E-state index in [-0.39, 0.29) is 15.5 Å². The van der Waals surface area contributed by atoms with Crippen LogP contribution in [0.3, 0.4) is 0 Å². The molecule has 0 fully saturated rings. The number of carbonyl (C=O) groups is 3. The van der Waals surface area contributed by atoms with Crippen LogP contribution in [0.5, 0.6) is 0 Å². The average Bonchev–Trinajstić information content (AvgIpc) is 2.65. The minimum Gasteiger partial charge on any atom is -0.468 e. The van der Waals surface area contributed by atoms with Gasteiger partial charge >= 0.3 is 11.9 Å². The molecule has 1 rings (SSSR count). The van der Waals surface area contributed by atoms with E-state index in [1.807, 2.05) is 0 Å². The third-order valence-electron chi connectivity index (χ3n) is 3.43. The highest BCUT2D eigenvalue weighted by Gasteiger charge is 2.28. The van der Waals surface area contributed by atoms with Crippen LogP contribution in [0.15, 0.2) is 23.1 Å². The van der Waals surface area contributed by atoms with Crippen LogP contribution >= 0.6 is 11.6 Å². The first-order valence-corrected chi connectivity index (χ1v) is 9.15. The molecule has 1 aromatic carbocycles. The second-order valence-electron chi connectivity index (χ2n) is 5.06. The highest BCUT2D eigenvalue weighted by atomic mass is 35.5. The lowest BCUT2D eigenvalue weighted by Gasteiger charge is -2.21. The summed E-state index contributed by atoms with van der Waals surface area (Å²) in [6.07, 6.45) is 0. The van der Waals surface area contributed by atoms with Gasteiger partial charge in [-0.15, -0.1) is 0 Å². The Morgan fingerprint density at radius 1 is 1.04 bits per heavy atom. The Balaban J connectivity index is 3.32. The van der Waals surface area contributed by atoms with Crippen molar-refractivity contribution < 1.29 is 37.1 Å². The monoisotopic (exact) mass is 422 g/mol. The lowest BCUT2D eigenvalue weighted by molar-refractivity contribution is -0.144. The van der Waals surface area contributed by atoms with Crippen LogP contribution in [0, 0.1) is 0 Å². The van der Waals surface area contributed by atoms with Crippen molar-refractivity contribution in [1.82, 2.24) is 9.37 Å². The molecule has 0 heterocycles. The number of carbonyl (C=O) groups excluding carboxylic acids is 3. The first-order valence-electron chi connectivity index (χ1n) is 7.34. The molecule has 0 radical (unpaired) electrons. The van der Waals surface area contributed by atoms with Crippen LogP contribution < -0.4 is 0 Å². The average molecular weight is 423 g/mol. The maximum atomic E-state index is 12.7. The summed E-state index contributed by atoms with van der Waals surface area (Å²) in [7, 11) is 0.413. The topological polar surface area (TPSA) is 120 Å². The Kier molecular flexibility index (Phi) is 8.16. The molecule has 0 aromatic heterocycles. The normalized spacial score (nSPS) is 11.2. The summed E-state index contributed by atoms with van der Waals surface area (Å²) in [5.74, 6) is -2.33. The van der Waals surface area contributed by atoms with Gasteiger partial charge in [-0.3, -0.25) is 19.2 Å². The van der Waals surface area contributed by atoms with Crippen LogP contribution in [-0.2, 0) is 33.9 Å². The van der Waals surface area contributed by atoms with Gasteiger partial charge in [0.1, 0.15) is 18.0 Å². The fourth-order valence-electron chi connectivity index (χ4n) is 1.89. The molecule has 0 bridgehead atoms. The first-order chi connectivity index (χ1) is 12.6. The number of hydrogen-bond donors (Lipinski definition) is 0. The molecular weight excluding hydrogens is 404 g/mol. The quantitative estimate of drug-likeness (QED) is 0.433. The Hall–Kier alpha value is -2.21. The molecular formula is C15H19ClN2O8S. The molecule has 0 spiro atoms. The molecule has 27 heavy (non-hydrogen) atoms. The minimum absolute atomic E-state index is 0.115. The number of rotatable bonds is 8. The maximum absolute atomic E-state index is 12.7. The number of methoxy groups -OCH3 is 2. The summed E-state index contributed by atoms with van der Waals surface area (Å²) in [6, 6.07) is 3.49. The van der Waals surface area contributed by atoms with Crippen molar-refractivity contribution in [3.63, 3.8) is 0 Å². The van der Waals surface area contributed by atoms with Crippen LogP contribution in [0.25, 0.3) is 0 Å². The minimum atomic E-state index is -4.13.